The van der Waals surface area contributed by atoms with Gasteiger partial charge in [0.2, 0.25) is 0 Å². The molecule has 3 unspecified atom stereocenters. The molecule has 2 rings (SSSR count). The number of nitrogens with one attached hydrogen (secondary N) is 1. The Kier molecular flexibility index (Phi) is 3.52. The van der Waals surface area contributed by atoms with Crippen molar-refractivity contribution < 1.29 is 4.74 Å². The molecule has 4 heteroatoms. The fraction of sp³-hybridized carbons (Fsp3) is 0.786. The van der Waals surface area contributed by atoms with Gasteiger partial charge in [-0.15, -0.1) is 0 Å². The highest BCUT2D eigenvalue weighted by Crippen LogP contribution is 2.43. The number of methoxy groups -OCH3 is 1. The van der Waals surface area contributed by atoms with Gasteiger partial charge < -0.3 is 10.1 Å². The zero-order chi connectivity index (χ0) is 13.5. The Labute approximate surface area is 110 Å². The van der Waals surface area contributed by atoms with Crippen LogP contribution in [0.2, 0.25) is 0 Å². The standard InChI is InChI=1S/C14H25N3O/c1-9(11-8-17(5)16-10(11)2)15-12-7-13(18-6)14(12,3)4/h8-9,12-13,15H,7H2,1-6H3. The second-order valence-corrected chi connectivity index (χ2v) is 6.07. The number of aromatic nitrogens is 2. The van der Waals surface area contributed by atoms with Crippen molar-refractivity contribution in [2.45, 2.75) is 52.3 Å². The minimum absolute atomic E-state index is 0.207. The summed E-state index contributed by atoms with van der Waals surface area (Å²) in [5, 5.41) is 8.11. The second kappa shape index (κ2) is 4.67. The van der Waals surface area contributed by atoms with Gasteiger partial charge in [-0.1, -0.05) is 13.8 Å². The molecule has 18 heavy (non-hydrogen) atoms. The van der Waals surface area contributed by atoms with Gasteiger partial charge in [-0.3, -0.25) is 4.68 Å². The minimum atomic E-state index is 0.207. The third kappa shape index (κ3) is 2.19. The highest BCUT2D eigenvalue weighted by molar-refractivity contribution is 5.20. The number of rotatable bonds is 4. The average Bonchev–Trinajstić information content (AvgIpc) is 2.63. The van der Waals surface area contributed by atoms with Gasteiger partial charge >= 0.3 is 0 Å². The Hall–Kier alpha value is -0.870. The summed E-state index contributed by atoms with van der Waals surface area (Å²) in [4.78, 5) is 0. The molecule has 1 saturated carbocycles. The molecular formula is C14H25N3O. The predicted molar refractivity (Wildman–Crippen MR) is 72.5 cm³/mol. The zero-order valence-electron chi connectivity index (χ0n) is 12.3. The van der Waals surface area contributed by atoms with E-state index in [9.17, 15) is 0 Å². The number of aryl methyl sites for hydroxylation is 2. The smallest absolute Gasteiger partial charge is 0.0652 e. The minimum Gasteiger partial charge on any atom is -0.381 e. The van der Waals surface area contributed by atoms with E-state index in [0.29, 0.717) is 18.2 Å². The number of nitrogens with zero attached hydrogens (tertiary/aromatic N) is 2. The first kappa shape index (κ1) is 13.6. The molecule has 1 aromatic rings. The second-order valence-electron chi connectivity index (χ2n) is 6.07. The van der Waals surface area contributed by atoms with E-state index in [0.717, 1.165) is 12.1 Å². The van der Waals surface area contributed by atoms with Crippen LogP contribution in [0.4, 0.5) is 0 Å². The van der Waals surface area contributed by atoms with Crippen molar-refractivity contribution in [3.63, 3.8) is 0 Å². The fourth-order valence-electron chi connectivity index (χ4n) is 3.00. The van der Waals surface area contributed by atoms with Gasteiger partial charge in [-0.2, -0.15) is 5.10 Å². The first-order chi connectivity index (χ1) is 8.36. The Morgan fingerprint density at radius 2 is 2.22 bits per heavy atom. The summed E-state index contributed by atoms with van der Waals surface area (Å²) in [6.45, 7) is 8.81. The largest absolute Gasteiger partial charge is 0.381 e. The van der Waals surface area contributed by atoms with Gasteiger partial charge in [-0.05, 0) is 20.3 Å². The van der Waals surface area contributed by atoms with Crippen molar-refractivity contribution in [2.75, 3.05) is 7.11 Å². The highest BCUT2D eigenvalue weighted by atomic mass is 16.5. The molecule has 0 aromatic carbocycles. The zero-order valence-corrected chi connectivity index (χ0v) is 12.3. The van der Waals surface area contributed by atoms with Gasteiger partial charge in [0.1, 0.15) is 0 Å². The first-order valence-electron chi connectivity index (χ1n) is 6.65. The highest BCUT2D eigenvalue weighted by Gasteiger charge is 2.48. The summed E-state index contributed by atoms with van der Waals surface area (Å²) in [7, 11) is 3.77. The Bertz CT molecular complexity index is 425. The molecule has 0 aliphatic heterocycles. The Morgan fingerprint density at radius 3 is 2.67 bits per heavy atom. The van der Waals surface area contributed by atoms with Crippen LogP contribution < -0.4 is 5.32 Å². The monoisotopic (exact) mass is 251 g/mol. The lowest BCUT2D eigenvalue weighted by Gasteiger charge is -2.52. The van der Waals surface area contributed by atoms with Crippen LogP contribution >= 0.6 is 0 Å². The maximum absolute atomic E-state index is 5.49. The summed E-state index contributed by atoms with van der Waals surface area (Å²) in [5.41, 5.74) is 2.60. The predicted octanol–water partition coefficient (Wildman–Crippen LogP) is 2.19. The van der Waals surface area contributed by atoms with Crippen LogP contribution in [-0.4, -0.2) is 29.0 Å². The lowest BCUT2D eigenvalue weighted by atomic mass is 9.64. The molecule has 1 heterocycles. The molecule has 4 nitrogen and oxygen atoms in total. The number of ether oxygens (including phenoxy) is 1. The van der Waals surface area contributed by atoms with Crippen molar-refractivity contribution in [1.82, 2.24) is 15.1 Å². The first-order valence-corrected chi connectivity index (χ1v) is 6.65. The Morgan fingerprint density at radius 1 is 1.56 bits per heavy atom. The lowest BCUT2D eigenvalue weighted by Crippen LogP contribution is -2.60. The normalized spacial score (nSPS) is 27.9. The molecule has 1 aliphatic carbocycles. The molecule has 0 spiro atoms. The van der Waals surface area contributed by atoms with E-state index in [1.54, 1.807) is 7.11 Å². The molecular weight excluding hydrogens is 226 g/mol. The van der Waals surface area contributed by atoms with Crippen LogP contribution in [0.5, 0.6) is 0 Å². The lowest BCUT2D eigenvalue weighted by molar-refractivity contribution is -0.0999. The van der Waals surface area contributed by atoms with E-state index in [2.05, 4.69) is 44.3 Å². The van der Waals surface area contributed by atoms with E-state index in [-0.39, 0.29) is 5.41 Å². The summed E-state index contributed by atoms with van der Waals surface area (Å²) in [6, 6.07) is 0.845. The average molecular weight is 251 g/mol. The molecule has 1 aromatic heterocycles. The van der Waals surface area contributed by atoms with Gasteiger partial charge in [-0.25, -0.2) is 0 Å². The van der Waals surface area contributed by atoms with Gasteiger partial charge in [0.15, 0.2) is 0 Å². The van der Waals surface area contributed by atoms with Crippen molar-refractivity contribution in [3.8, 4) is 0 Å². The maximum Gasteiger partial charge on any atom is 0.0652 e. The van der Waals surface area contributed by atoms with Crippen molar-refractivity contribution in [3.05, 3.63) is 17.5 Å². The van der Waals surface area contributed by atoms with E-state index in [1.807, 2.05) is 11.7 Å². The topological polar surface area (TPSA) is 39.1 Å². The summed E-state index contributed by atoms with van der Waals surface area (Å²) in [6.07, 6.45) is 3.57. The van der Waals surface area contributed by atoms with Crippen LogP contribution in [0.15, 0.2) is 6.20 Å². The Balaban J connectivity index is 2.01. The SMILES string of the molecule is COC1CC(NC(C)c2cn(C)nc2C)C1(C)C. The van der Waals surface area contributed by atoms with Gasteiger partial charge in [0.05, 0.1) is 11.8 Å². The molecule has 1 N–H and O–H groups in total. The van der Waals surface area contributed by atoms with Gasteiger partial charge in [0.25, 0.3) is 0 Å². The fourth-order valence-corrected chi connectivity index (χ4v) is 3.00. The van der Waals surface area contributed by atoms with Crippen molar-refractivity contribution in [2.24, 2.45) is 12.5 Å². The summed E-state index contributed by atoms with van der Waals surface area (Å²) >= 11 is 0. The van der Waals surface area contributed by atoms with E-state index in [1.165, 1.54) is 5.56 Å². The molecule has 0 radical (unpaired) electrons. The molecule has 1 fully saturated rings. The van der Waals surface area contributed by atoms with Crippen LogP contribution in [-0.2, 0) is 11.8 Å². The summed E-state index contributed by atoms with van der Waals surface area (Å²) in [5.74, 6) is 0. The number of hydrogen-bond donors (Lipinski definition) is 1. The van der Waals surface area contributed by atoms with E-state index in [4.69, 9.17) is 4.74 Å². The third-order valence-electron chi connectivity index (χ3n) is 4.43. The molecule has 0 saturated heterocycles. The molecule has 3 atom stereocenters. The molecule has 0 bridgehead atoms. The molecule has 0 amide bonds. The summed E-state index contributed by atoms with van der Waals surface area (Å²) < 4.78 is 7.37. The number of hydrogen-bond acceptors (Lipinski definition) is 3. The van der Waals surface area contributed by atoms with Crippen LogP contribution in [0.25, 0.3) is 0 Å². The van der Waals surface area contributed by atoms with Crippen molar-refractivity contribution >= 4 is 0 Å². The van der Waals surface area contributed by atoms with E-state index < -0.39 is 0 Å². The van der Waals surface area contributed by atoms with Crippen LogP contribution in [0.3, 0.4) is 0 Å². The van der Waals surface area contributed by atoms with Gasteiger partial charge in [0, 0.05) is 43.4 Å². The third-order valence-corrected chi connectivity index (χ3v) is 4.43. The quantitative estimate of drug-likeness (QED) is 0.891. The van der Waals surface area contributed by atoms with Crippen LogP contribution in [0, 0.1) is 12.3 Å². The maximum atomic E-state index is 5.49. The van der Waals surface area contributed by atoms with E-state index >= 15 is 0 Å². The molecule has 1 aliphatic rings. The molecule has 102 valence electrons. The van der Waals surface area contributed by atoms with Crippen LogP contribution in [0.1, 0.15) is 44.5 Å². The van der Waals surface area contributed by atoms with Crippen molar-refractivity contribution in [1.29, 1.82) is 0 Å².